The van der Waals surface area contributed by atoms with E-state index in [-0.39, 0.29) is 0 Å². The van der Waals surface area contributed by atoms with E-state index in [4.69, 9.17) is 0 Å². The van der Waals surface area contributed by atoms with Crippen LogP contribution in [0, 0.1) is 0 Å². The molecule has 0 bridgehead atoms. The molecule has 1 heteroatoms. The van der Waals surface area contributed by atoms with Gasteiger partial charge >= 0.3 is 0 Å². The molecule has 0 fully saturated rings. The summed E-state index contributed by atoms with van der Waals surface area (Å²) in [5, 5.41) is 4.95. The third-order valence-corrected chi connectivity index (χ3v) is 9.84. The highest BCUT2D eigenvalue weighted by molar-refractivity contribution is 6.22. The Bertz CT molecular complexity index is 2600. The molecule has 0 saturated heterocycles. The van der Waals surface area contributed by atoms with Crippen molar-refractivity contribution in [2.45, 2.75) is 0 Å². The van der Waals surface area contributed by atoms with Crippen molar-refractivity contribution in [3.8, 4) is 44.5 Å². The largest absolute Gasteiger partial charge is 0.310 e. The lowest BCUT2D eigenvalue weighted by molar-refractivity contribution is 1.29. The average Bonchev–Trinajstić information content (AvgIpc) is 3.22. The van der Waals surface area contributed by atoms with Gasteiger partial charge in [0.25, 0.3) is 0 Å². The molecule has 0 amide bonds. The minimum Gasteiger partial charge on any atom is -0.310 e. The maximum Gasteiger partial charge on any atom is 0.0540 e. The zero-order chi connectivity index (χ0) is 34.0. The standard InChI is InChI=1S/C50H35N/c1-6-18-36(19-7-1)40-30-33-48(46(34-40)37-20-8-2-9-21-37)51(41-26-14-5-15-27-41)42-31-32-45-47(35-42)43-28-16-17-29-44(43)49(38-22-10-3-11-23-38)50(45)39-24-12-4-13-25-39/h1-35H. The smallest absolute Gasteiger partial charge is 0.0540 e. The van der Waals surface area contributed by atoms with Crippen LogP contribution in [0.15, 0.2) is 212 Å². The lowest BCUT2D eigenvalue weighted by Crippen LogP contribution is -2.11. The van der Waals surface area contributed by atoms with E-state index in [1.54, 1.807) is 0 Å². The van der Waals surface area contributed by atoms with Gasteiger partial charge in [0.2, 0.25) is 0 Å². The minimum atomic E-state index is 1.11. The van der Waals surface area contributed by atoms with Crippen molar-refractivity contribution in [3.63, 3.8) is 0 Å². The summed E-state index contributed by atoms with van der Waals surface area (Å²) in [5.41, 5.74) is 13.0. The number of fused-ring (bicyclic) bond motifs is 3. The lowest BCUT2D eigenvalue weighted by Gasteiger charge is -2.29. The molecule has 1 nitrogen and oxygen atoms in total. The van der Waals surface area contributed by atoms with Crippen LogP contribution in [0.1, 0.15) is 0 Å². The van der Waals surface area contributed by atoms with Crippen molar-refractivity contribution in [3.05, 3.63) is 212 Å². The Labute approximate surface area is 299 Å². The van der Waals surface area contributed by atoms with Gasteiger partial charge in [-0.15, -0.1) is 0 Å². The molecule has 9 aromatic rings. The van der Waals surface area contributed by atoms with E-state index in [1.165, 1.54) is 66.1 Å². The van der Waals surface area contributed by atoms with Crippen molar-refractivity contribution in [1.82, 2.24) is 0 Å². The van der Waals surface area contributed by atoms with Crippen LogP contribution in [-0.4, -0.2) is 0 Å². The van der Waals surface area contributed by atoms with Gasteiger partial charge in [0.05, 0.1) is 5.69 Å². The molecule has 0 aromatic heterocycles. The summed E-state index contributed by atoms with van der Waals surface area (Å²) in [5.74, 6) is 0. The molecule has 0 N–H and O–H groups in total. The Morgan fingerprint density at radius 1 is 0.255 bits per heavy atom. The molecule has 0 radical (unpaired) electrons. The Balaban J connectivity index is 1.34. The van der Waals surface area contributed by atoms with Gasteiger partial charge in [-0.25, -0.2) is 0 Å². The molecular formula is C50H35N. The van der Waals surface area contributed by atoms with Crippen molar-refractivity contribution >= 4 is 38.6 Å². The number of hydrogen-bond acceptors (Lipinski definition) is 1. The first-order valence-electron chi connectivity index (χ1n) is 17.5. The third-order valence-electron chi connectivity index (χ3n) is 9.84. The van der Waals surface area contributed by atoms with E-state index >= 15 is 0 Å². The van der Waals surface area contributed by atoms with Crippen molar-refractivity contribution < 1.29 is 0 Å². The summed E-state index contributed by atoms with van der Waals surface area (Å²) in [7, 11) is 0. The van der Waals surface area contributed by atoms with Crippen LogP contribution in [0.2, 0.25) is 0 Å². The summed E-state index contributed by atoms with van der Waals surface area (Å²) >= 11 is 0. The maximum absolute atomic E-state index is 2.42. The molecule has 0 heterocycles. The first-order valence-corrected chi connectivity index (χ1v) is 17.5. The number of rotatable bonds is 7. The first kappa shape index (κ1) is 30.4. The molecule has 240 valence electrons. The van der Waals surface area contributed by atoms with E-state index < -0.39 is 0 Å². The van der Waals surface area contributed by atoms with Gasteiger partial charge in [0.1, 0.15) is 0 Å². The van der Waals surface area contributed by atoms with Gasteiger partial charge < -0.3 is 4.90 Å². The van der Waals surface area contributed by atoms with Crippen LogP contribution >= 0.6 is 0 Å². The minimum absolute atomic E-state index is 1.11. The number of nitrogens with zero attached hydrogens (tertiary/aromatic N) is 1. The van der Waals surface area contributed by atoms with Gasteiger partial charge in [-0.1, -0.05) is 176 Å². The predicted molar refractivity (Wildman–Crippen MR) is 218 cm³/mol. The van der Waals surface area contributed by atoms with E-state index in [0.29, 0.717) is 0 Å². The molecule has 0 atom stereocenters. The maximum atomic E-state index is 2.42. The second kappa shape index (κ2) is 13.3. The van der Waals surface area contributed by atoms with Gasteiger partial charge in [0, 0.05) is 16.9 Å². The summed E-state index contributed by atoms with van der Waals surface area (Å²) < 4.78 is 0. The quantitative estimate of drug-likeness (QED) is 0.155. The highest BCUT2D eigenvalue weighted by atomic mass is 15.1. The second-order valence-corrected chi connectivity index (χ2v) is 12.9. The van der Waals surface area contributed by atoms with Gasteiger partial charge in [-0.3, -0.25) is 0 Å². The zero-order valence-electron chi connectivity index (χ0n) is 28.2. The number of para-hydroxylation sites is 1. The fourth-order valence-electron chi connectivity index (χ4n) is 7.52. The molecular weight excluding hydrogens is 615 g/mol. The van der Waals surface area contributed by atoms with Crippen LogP contribution in [-0.2, 0) is 0 Å². The first-order chi connectivity index (χ1) is 25.3. The van der Waals surface area contributed by atoms with Crippen LogP contribution in [0.5, 0.6) is 0 Å². The second-order valence-electron chi connectivity index (χ2n) is 12.9. The molecule has 0 aliphatic heterocycles. The topological polar surface area (TPSA) is 3.24 Å². The third kappa shape index (κ3) is 5.65. The monoisotopic (exact) mass is 649 g/mol. The van der Waals surface area contributed by atoms with Gasteiger partial charge in [-0.2, -0.15) is 0 Å². The van der Waals surface area contributed by atoms with Crippen LogP contribution in [0.3, 0.4) is 0 Å². The van der Waals surface area contributed by atoms with Crippen LogP contribution < -0.4 is 4.90 Å². The SMILES string of the molecule is c1ccc(-c2ccc(N(c3ccccc3)c3ccc4c(-c5ccccc5)c(-c5ccccc5)c5ccccc5c4c3)c(-c3ccccc3)c2)cc1. The Morgan fingerprint density at radius 2 is 0.725 bits per heavy atom. The molecule has 9 rings (SSSR count). The van der Waals surface area contributed by atoms with Gasteiger partial charge in [-0.05, 0) is 96.9 Å². The molecule has 0 unspecified atom stereocenters. The number of anilines is 3. The summed E-state index contributed by atoms with van der Waals surface area (Å²) in [6.07, 6.45) is 0. The predicted octanol–water partition coefficient (Wildman–Crippen LogP) is 14.1. The van der Waals surface area contributed by atoms with Crippen LogP contribution in [0.4, 0.5) is 17.1 Å². The fourth-order valence-corrected chi connectivity index (χ4v) is 7.52. The Kier molecular flexibility index (Phi) is 7.92. The summed E-state index contributed by atoms with van der Waals surface area (Å²) in [4.78, 5) is 2.42. The molecule has 0 saturated carbocycles. The number of benzene rings is 9. The van der Waals surface area contributed by atoms with E-state index in [9.17, 15) is 0 Å². The Morgan fingerprint density at radius 3 is 1.31 bits per heavy atom. The highest BCUT2D eigenvalue weighted by Gasteiger charge is 2.22. The van der Waals surface area contributed by atoms with Crippen molar-refractivity contribution in [1.29, 1.82) is 0 Å². The summed E-state index contributed by atoms with van der Waals surface area (Å²) in [6.45, 7) is 0. The molecule has 9 aromatic carbocycles. The van der Waals surface area contributed by atoms with Crippen molar-refractivity contribution in [2.75, 3.05) is 4.90 Å². The zero-order valence-corrected chi connectivity index (χ0v) is 28.2. The fraction of sp³-hybridized carbons (Fsp3) is 0. The normalized spacial score (nSPS) is 11.1. The molecule has 0 aliphatic rings. The molecule has 0 aliphatic carbocycles. The van der Waals surface area contributed by atoms with E-state index in [0.717, 1.165) is 17.1 Å². The van der Waals surface area contributed by atoms with Crippen LogP contribution in [0.25, 0.3) is 66.1 Å². The Hall–Kier alpha value is -6.70. The highest BCUT2D eigenvalue weighted by Crippen LogP contribution is 2.48. The van der Waals surface area contributed by atoms with E-state index in [2.05, 4.69) is 217 Å². The molecule has 0 spiro atoms. The average molecular weight is 650 g/mol. The summed E-state index contributed by atoms with van der Waals surface area (Å²) in [6, 6.07) is 76.6. The lowest BCUT2D eigenvalue weighted by atomic mass is 9.85. The van der Waals surface area contributed by atoms with Crippen molar-refractivity contribution in [2.24, 2.45) is 0 Å². The van der Waals surface area contributed by atoms with Gasteiger partial charge in [0.15, 0.2) is 0 Å². The van der Waals surface area contributed by atoms with E-state index in [1.807, 2.05) is 0 Å². The number of hydrogen-bond donors (Lipinski definition) is 0. The molecule has 51 heavy (non-hydrogen) atoms.